The number of aliphatic carboxylic acids is 1. The van der Waals surface area contributed by atoms with E-state index in [0.29, 0.717) is 21.8 Å². The van der Waals surface area contributed by atoms with Crippen LogP contribution in [0.2, 0.25) is 15.1 Å². The molecule has 0 aliphatic heterocycles. The van der Waals surface area contributed by atoms with Crippen LogP contribution in [0.25, 0.3) is 0 Å². The Morgan fingerprint density at radius 3 is 2.24 bits per heavy atom. The highest BCUT2D eigenvalue weighted by molar-refractivity contribution is 6.37. The quantitative estimate of drug-likeness (QED) is 0.521. The fourth-order valence-electron chi connectivity index (χ4n) is 2.41. The molecule has 1 atom stereocenters. The van der Waals surface area contributed by atoms with Gasteiger partial charge in [0.25, 0.3) is 0 Å². The molecule has 2 aromatic rings. The molecule has 0 saturated heterocycles. The molecule has 0 heterocycles. The summed E-state index contributed by atoms with van der Waals surface area (Å²) >= 11 is 18.4. The number of nitrogens with one attached hydrogen (secondary N) is 1. The maximum absolute atomic E-state index is 13.4. The SMILES string of the molecule is CC(C)C(=O)Nc1cc(Cl)cc(COc2c(Cl)cc(CC(F)C(=O)O)cc2Cl)c1. The number of halogens is 4. The predicted octanol–water partition coefficient (Wildman–Crippen LogP) is 5.79. The number of carbonyl (C=O) groups is 2. The summed E-state index contributed by atoms with van der Waals surface area (Å²) in [5.41, 5.74) is 1.54. The molecule has 0 aliphatic carbocycles. The van der Waals surface area contributed by atoms with Crippen LogP contribution >= 0.6 is 34.8 Å². The first-order valence-corrected chi connectivity index (χ1v) is 9.78. The smallest absolute Gasteiger partial charge is 0.338 e. The summed E-state index contributed by atoms with van der Waals surface area (Å²) < 4.78 is 19.1. The lowest BCUT2D eigenvalue weighted by molar-refractivity contribution is -0.142. The Morgan fingerprint density at radius 1 is 1.07 bits per heavy atom. The van der Waals surface area contributed by atoms with Crippen LogP contribution in [0.15, 0.2) is 30.3 Å². The first kappa shape index (κ1) is 23.3. The normalized spacial score (nSPS) is 12.0. The summed E-state index contributed by atoms with van der Waals surface area (Å²) in [4.78, 5) is 22.5. The molecule has 5 nitrogen and oxygen atoms in total. The van der Waals surface area contributed by atoms with Crippen molar-refractivity contribution in [2.45, 2.75) is 33.0 Å². The van der Waals surface area contributed by atoms with E-state index >= 15 is 0 Å². The van der Waals surface area contributed by atoms with Gasteiger partial charge in [0, 0.05) is 23.0 Å². The van der Waals surface area contributed by atoms with E-state index in [1.54, 1.807) is 32.0 Å². The van der Waals surface area contributed by atoms with E-state index in [0.717, 1.165) is 0 Å². The second-order valence-corrected chi connectivity index (χ2v) is 7.93. The van der Waals surface area contributed by atoms with Crippen molar-refractivity contribution in [1.82, 2.24) is 0 Å². The molecule has 1 amide bonds. The van der Waals surface area contributed by atoms with Gasteiger partial charge in [-0.25, -0.2) is 9.18 Å². The number of hydrogen-bond donors (Lipinski definition) is 2. The van der Waals surface area contributed by atoms with Crippen LogP contribution in [-0.4, -0.2) is 23.2 Å². The molecule has 29 heavy (non-hydrogen) atoms. The first-order valence-electron chi connectivity index (χ1n) is 8.64. The zero-order chi connectivity index (χ0) is 21.7. The second kappa shape index (κ2) is 10.1. The maximum Gasteiger partial charge on any atom is 0.338 e. The van der Waals surface area contributed by atoms with Crippen LogP contribution in [0, 0.1) is 5.92 Å². The molecule has 2 rings (SSSR count). The van der Waals surface area contributed by atoms with E-state index in [4.69, 9.17) is 44.6 Å². The standard InChI is InChI=1S/C20H19Cl3FNO4/c1-10(2)19(26)25-14-4-12(3-13(21)8-14)9-29-18-15(22)5-11(6-16(18)23)7-17(24)20(27)28/h3-6,8,10,17H,7,9H2,1-2H3,(H,25,26)(H,27,28). The van der Waals surface area contributed by atoms with Crippen molar-refractivity contribution in [2.75, 3.05) is 5.32 Å². The highest BCUT2D eigenvalue weighted by Gasteiger charge is 2.19. The maximum atomic E-state index is 13.4. The van der Waals surface area contributed by atoms with Gasteiger partial charge in [-0.05, 0) is 41.5 Å². The molecule has 2 N–H and O–H groups in total. The van der Waals surface area contributed by atoms with Crippen LogP contribution in [0.5, 0.6) is 5.75 Å². The number of alkyl halides is 1. The van der Waals surface area contributed by atoms with Crippen molar-refractivity contribution >= 4 is 52.4 Å². The molecule has 0 saturated carbocycles. The highest BCUT2D eigenvalue weighted by Crippen LogP contribution is 2.35. The second-order valence-electron chi connectivity index (χ2n) is 6.68. The van der Waals surface area contributed by atoms with E-state index in [2.05, 4.69) is 5.32 Å². The molecule has 0 spiro atoms. The van der Waals surface area contributed by atoms with Gasteiger partial charge in [-0.15, -0.1) is 0 Å². The third kappa shape index (κ3) is 6.77. The third-order valence-corrected chi connectivity index (χ3v) is 4.65. The average molecular weight is 463 g/mol. The van der Waals surface area contributed by atoms with Crippen LogP contribution in [-0.2, 0) is 22.6 Å². The van der Waals surface area contributed by atoms with Crippen molar-refractivity contribution in [1.29, 1.82) is 0 Å². The molecule has 1 unspecified atom stereocenters. The minimum absolute atomic E-state index is 0.0603. The summed E-state index contributed by atoms with van der Waals surface area (Å²) in [6.07, 6.45) is -2.41. The van der Waals surface area contributed by atoms with E-state index in [9.17, 15) is 14.0 Å². The van der Waals surface area contributed by atoms with E-state index < -0.39 is 12.1 Å². The Labute approximate surface area is 182 Å². The van der Waals surface area contributed by atoms with Crippen molar-refractivity contribution in [3.8, 4) is 5.75 Å². The number of carboxylic acid groups (broad SMARTS) is 1. The van der Waals surface area contributed by atoms with Crippen LogP contribution in [0.4, 0.5) is 10.1 Å². The van der Waals surface area contributed by atoms with Gasteiger partial charge in [0.2, 0.25) is 12.1 Å². The lowest BCUT2D eigenvalue weighted by Crippen LogP contribution is -2.17. The predicted molar refractivity (Wildman–Crippen MR) is 112 cm³/mol. The van der Waals surface area contributed by atoms with E-state index in [1.165, 1.54) is 12.1 Å². The number of amides is 1. The Morgan fingerprint density at radius 2 is 1.69 bits per heavy atom. The third-order valence-electron chi connectivity index (χ3n) is 3.87. The van der Waals surface area contributed by atoms with Gasteiger partial charge in [0.1, 0.15) is 6.61 Å². The van der Waals surface area contributed by atoms with Gasteiger partial charge in [0.05, 0.1) is 10.0 Å². The van der Waals surface area contributed by atoms with E-state index in [-0.39, 0.29) is 40.6 Å². The zero-order valence-corrected chi connectivity index (χ0v) is 17.9. The van der Waals surface area contributed by atoms with Gasteiger partial charge in [0.15, 0.2) is 5.75 Å². The monoisotopic (exact) mass is 461 g/mol. The largest absolute Gasteiger partial charge is 0.486 e. The number of carbonyl (C=O) groups excluding carboxylic acids is 1. The molecule has 0 radical (unpaired) electrons. The Kier molecular flexibility index (Phi) is 8.14. The molecule has 2 aromatic carbocycles. The lowest BCUT2D eigenvalue weighted by Gasteiger charge is -2.14. The van der Waals surface area contributed by atoms with Crippen molar-refractivity contribution in [3.63, 3.8) is 0 Å². The van der Waals surface area contributed by atoms with Crippen molar-refractivity contribution in [2.24, 2.45) is 5.92 Å². The number of hydrogen-bond acceptors (Lipinski definition) is 3. The van der Waals surface area contributed by atoms with Gasteiger partial charge in [-0.1, -0.05) is 48.7 Å². The van der Waals surface area contributed by atoms with Gasteiger partial charge in [-0.2, -0.15) is 0 Å². The number of ether oxygens (including phenoxy) is 1. The number of benzene rings is 2. The summed E-state index contributed by atoms with van der Waals surface area (Å²) in [6, 6.07) is 7.82. The van der Waals surface area contributed by atoms with Crippen LogP contribution in [0.3, 0.4) is 0 Å². The molecule has 9 heteroatoms. The fraction of sp³-hybridized carbons (Fsp3) is 0.300. The summed E-state index contributed by atoms with van der Waals surface area (Å²) in [5.74, 6) is -1.71. The van der Waals surface area contributed by atoms with Crippen molar-refractivity contribution < 1.29 is 23.8 Å². The Balaban J connectivity index is 2.14. The Hall–Kier alpha value is -2.02. The average Bonchev–Trinajstić information content (AvgIpc) is 2.60. The minimum atomic E-state index is -2.06. The zero-order valence-electron chi connectivity index (χ0n) is 15.6. The first-order chi connectivity index (χ1) is 13.6. The summed E-state index contributed by atoms with van der Waals surface area (Å²) in [5, 5.41) is 12.1. The molecule has 0 aliphatic rings. The molecule has 0 fully saturated rings. The van der Waals surface area contributed by atoms with Gasteiger partial charge < -0.3 is 15.2 Å². The van der Waals surface area contributed by atoms with Crippen LogP contribution in [0.1, 0.15) is 25.0 Å². The number of rotatable bonds is 8. The lowest BCUT2D eigenvalue weighted by atomic mass is 10.1. The molecular weight excluding hydrogens is 444 g/mol. The highest BCUT2D eigenvalue weighted by atomic mass is 35.5. The van der Waals surface area contributed by atoms with Gasteiger partial charge in [-0.3, -0.25) is 4.79 Å². The summed E-state index contributed by atoms with van der Waals surface area (Å²) in [7, 11) is 0. The topological polar surface area (TPSA) is 75.6 Å². The molecule has 0 aromatic heterocycles. The minimum Gasteiger partial charge on any atom is -0.486 e. The van der Waals surface area contributed by atoms with Crippen molar-refractivity contribution in [3.05, 3.63) is 56.5 Å². The molecule has 156 valence electrons. The van der Waals surface area contributed by atoms with Crippen LogP contribution < -0.4 is 10.1 Å². The summed E-state index contributed by atoms with van der Waals surface area (Å²) in [6.45, 7) is 3.61. The Bertz CT molecular complexity index is 898. The number of carboxylic acids is 1. The fourth-order valence-corrected chi connectivity index (χ4v) is 3.31. The number of anilines is 1. The van der Waals surface area contributed by atoms with Gasteiger partial charge >= 0.3 is 5.97 Å². The molecular formula is C20H19Cl3FNO4. The molecule has 0 bridgehead atoms. The van der Waals surface area contributed by atoms with E-state index in [1.807, 2.05) is 0 Å².